The van der Waals surface area contributed by atoms with E-state index >= 15 is 0 Å². The van der Waals surface area contributed by atoms with Crippen LogP contribution in [0.15, 0.2) is 0 Å². The molecule has 2 heterocycles. The van der Waals surface area contributed by atoms with Gasteiger partial charge >= 0.3 is 0 Å². The second-order valence-electron chi connectivity index (χ2n) is 4.24. The molecule has 1 fully saturated rings. The number of nitrogen functional groups attached to an aromatic ring is 1. The van der Waals surface area contributed by atoms with Gasteiger partial charge in [-0.15, -0.1) is 0 Å². The van der Waals surface area contributed by atoms with Crippen LogP contribution in [0.25, 0.3) is 0 Å². The van der Waals surface area contributed by atoms with Crippen molar-refractivity contribution < 1.29 is 5.11 Å². The molecule has 0 saturated carbocycles. The van der Waals surface area contributed by atoms with E-state index in [-0.39, 0.29) is 5.95 Å². The summed E-state index contributed by atoms with van der Waals surface area (Å²) in [5.41, 5.74) is 5.64. The van der Waals surface area contributed by atoms with E-state index in [0.29, 0.717) is 18.4 Å². The second-order valence-corrected chi connectivity index (χ2v) is 4.24. The summed E-state index contributed by atoms with van der Waals surface area (Å²) in [4.78, 5) is 14.5. The van der Waals surface area contributed by atoms with Crippen LogP contribution < -0.4 is 16.0 Å². The van der Waals surface area contributed by atoms with E-state index in [2.05, 4.69) is 25.2 Å². The number of nitrogens with one attached hydrogen (secondary N) is 1. The number of hydrogen-bond donors (Lipinski definition) is 3. The molecule has 1 aromatic rings. The first-order valence-corrected chi connectivity index (χ1v) is 5.83. The number of hydrogen-bond acceptors (Lipinski definition) is 7. The first kappa shape index (κ1) is 11.8. The molecule has 1 atom stereocenters. The lowest BCUT2D eigenvalue weighted by atomic mass is 10.4. The highest BCUT2D eigenvalue weighted by Crippen LogP contribution is 2.17. The maximum Gasteiger partial charge on any atom is 0.231 e. The summed E-state index contributed by atoms with van der Waals surface area (Å²) >= 11 is 0. The minimum atomic E-state index is -0.455. The van der Waals surface area contributed by atoms with Gasteiger partial charge in [-0.1, -0.05) is 0 Å². The number of nitrogens with two attached hydrogens (primary N) is 1. The van der Waals surface area contributed by atoms with Gasteiger partial charge in [0.25, 0.3) is 0 Å². The Kier molecular flexibility index (Phi) is 3.58. The fourth-order valence-corrected chi connectivity index (χ4v) is 1.76. The van der Waals surface area contributed by atoms with Gasteiger partial charge in [0.05, 0.1) is 6.10 Å². The Balaban J connectivity index is 2.11. The van der Waals surface area contributed by atoms with Crippen LogP contribution >= 0.6 is 0 Å². The van der Waals surface area contributed by atoms with Crippen molar-refractivity contribution >= 4 is 17.8 Å². The summed E-state index contributed by atoms with van der Waals surface area (Å²) < 4.78 is 0. The van der Waals surface area contributed by atoms with Crippen LogP contribution in [-0.2, 0) is 0 Å². The third kappa shape index (κ3) is 3.16. The Morgan fingerprint density at radius 1 is 1.35 bits per heavy atom. The monoisotopic (exact) mass is 238 g/mol. The molecule has 17 heavy (non-hydrogen) atoms. The minimum absolute atomic E-state index is 0.204. The van der Waals surface area contributed by atoms with Crippen molar-refractivity contribution in [2.45, 2.75) is 25.9 Å². The quantitative estimate of drug-likeness (QED) is 0.670. The molecule has 1 saturated heterocycles. The third-order valence-corrected chi connectivity index (χ3v) is 2.59. The second kappa shape index (κ2) is 5.13. The largest absolute Gasteiger partial charge is 0.392 e. The van der Waals surface area contributed by atoms with Crippen LogP contribution in [0.4, 0.5) is 17.8 Å². The van der Waals surface area contributed by atoms with Gasteiger partial charge in [0.15, 0.2) is 0 Å². The molecule has 1 aliphatic heterocycles. The van der Waals surface area contributed by atoms with Crippen molar-refractivity contribution in [1.29, 1.82) is 0 Å². The zero-order chi connectivity index (χ0) is 12.3. The molecule has 94 valence electrons. The maximum absolute atomic E-state index is 9.19. The van der Waals surface area contributed by atoms with Gasteiger partial charge in [-0.25, -0.2) is 0 Å². The Bertz CT molecular complexity index is 377. The van der Waals surface area contributed by atoms with Crippen LogP contribution in [0.3, 0.4) is 0 Å². The molecule has 0 amide bonds. The van der Waals surface area contributed by atoms with Gasteiger partial charge in [-0.05, 0) is 19.8 Å². The number of nitrogens with zero attached hydrogens (tertiary/aromatic N) is 4. The molecule has 7 heteroatoms. The summed E-state index contributed by atoms with van der Waals surface area (Å²) in [5.74, 6) is 1.23. The summed E-state index contributed by atoms with van der Waals surface area (Å²) in [6, 6.07) is 0. The van der Waals surface area contributed by atoms with Crippen molar-refractivity contribution in [1.82, 2.24) is 15.0 Å². The van der Waals surface area contributed by atoms with E-state index in [1.165, 1.54) is 0 Å². The summed E-state index contributed by atoms with van der Waals surface area (Å²) in [7, 11) is 0. The molecular formula is C10H18N6O. The van der Waals surface area contributed by atoms with Gasteiger partial charge in [-0.3, -0.25) is 0 Å². The van der Waals surface area contributed by atoms with Crippen LogP contribution in [-0.4, -0.2) is 45.8 Å². The molecule has 7 nitrogen and oxygen atoms in total. The fourth-order valence-electron chi connectivity index (χ4n) is 1.76. The van der Waals surface area contributed by atoms with E-state index in [1.54, 1.807) is 6.92 Å². The highest BCUT2D eigenvalue weighted by Gasteiger charge is 2.16. The zero-order valence-corrected chi connectivity index (χ0v) is 9.93. The fraction of sp³-hybridized carbons (Fsp3) is 0.700. The van der Waals surface area contributed by atoms with Crippen LogP contribution in [0.5, 0.6) is 0 Å². The van der Waals surface area contributed by atoms with E-state index in [0.717, 1.165) is 25.9 Å². The van der Waals surface area contributed by atoms with Gasteiger partial charge in [0, 0.05) is 19.6 Å². The molecule has 1 aromatic heterocycles. The van der Waals surface area contributed by atoms with Crippen molar-refractivity contribution in [3.8, 4) is 0 Å². The zero-order valence-electron chi connectivity index (χ0n) is 9.93. The lowest BCUT2D eigenvalue weighted by Gasteiger charge is -2.16. The van der Waals surface area contributed by atoms with Gasteiger partial charge in [-0.2, -0.15) is 15.0 Å². The summed E-state index contributed by atoms with van der Waals surface area (Å²) in [6.45, 7) is 4.00. The topological polar surface area (TPSA) is 100 Å². The van der Waals surface area contributed by atoms with E-state index in [9.17, 15) is 5.11 Å². The third-order valence-electron chi connectivity index (χ3n) is 2.59. The normalized spacial score (nSPS) is 17.2. The molecule has 0 aliphatic carbocycles. The molecule has 4 N–H and O–H groups in total. The minimum Gasteiger partial charge on any atom is -0.392 e. The molecule has 0 aromatic carbocycles. The van der Waals surface area contributed by atoms with Crippen molar-refractivity contribution in [2.24, 2.45) is 0 Å². The maximum atomic E-state index is 9.19. The average Bonchev–Trinajstić information content (AvgIpc) is 2.79. The SMILES string of the molecule is CC(O)CNc1nc(N)nc(N2CCCC2)n1. The Morgan fingerprint density at radius 2 is 2.06 bits per heavy atom. The Hall–Kier alpha value is -1.63. The number of anilines is 3. The van der Waals surface area contributed by atoms with Gasteiger partial charge in [0.2, 0.25) is 17.8 Å². The van der Waals surface area contributed by atoms with Gasteiger partial charge in [0.1, 0.15) is 0 Å². The Morgan fingerprint density at radius 3 is 2.71 bits per heavy atom. The summed E-state index contributed by atoms with van der Waals surface area (Å²) in [5, 5.41) is 12.1. The van der Waals surface area contributed by atoms with Crippen LogP contribution in [0.2, 0.25) is 0 Å². The van der Waals surface area contributed by atoms with Crippen LogP contribution in [0.1, 0.15) is 19.8 Å². The summed E-state index contributed by atoms with van der Waals surface area (Å²) in [6.07, 6.45) is 1.85. The molecule has 1 unspecified atom stereocenters. The standard InChI is InChI=1S/C10H18N6O/c1-7(17)6-12-9-13-8(11)14-10(15-9)16-4-2-3-5-16/h7,17H,2-6H2,1H3,(H3,11,12,13,14,15). The number of aliphatic hydroxyl groups excluding tert-OH is 1. The molecule has 2 rings (SSSR count). The molecule has 0 radical (unpaired) electrons. The molecule has 1 aliphatic rings. The van der Waals surface area contributed by atoms with Crippen molar-refractivity contribution in [3.63, 3.8) is 0 Å². The predicted molar refractivity (Wildman–Crippen MR) is 65.9 cm³/mol. The highest BCUT2D eigenvalue weighted by atomic mass is 16.3. The first-order chi connectivity index (χ1) is 8.15. The van der Waals surface area contributed by atoms with E-state index in [4.69, 9.17) is 5.73 Å². The van der Waals surface area contributed by atoms with Crippen molar-refractivity contribution in [3.05, 3.63) is 0 Å². The predicted octanol–water partition coefficient (Wildman–Crippen LogP) is -0.153. The van der Waals surface area contributed by atoms with Crippen LogP contribution in [0, 0.1) is 0 Å². The first-order valence-electron chi connectivity index (χ1n) is 5.83. The molecular weight excluding hydrogens is 220 g/mol. The number of aliphatic hydroxyl groups is 1. The molecule has 0 spiro atoms. The number of rotatable bonds is 4. The number of aromatic nitrogens is 3. The van der Waals surface area contributed by atoms with Gasteiger partial charge < -0.3 is 21.1 Å². The highest BCUT2D eigenvalue weighted by molar-refractivity contribution is 5.42. The van der Waals surface area contributed by atoms with Crippen molar-refractivity contribution in [2.75, 3.05) is 35.6 Å². The molecule has 0 bridgehead atoms. The lowest BCUT2D eigenvalue weighted by Crippen LogP contribution is -2.23. The smallest absolute Gasteiger partial charge is 0.231 e. The lowest BCUT2D eigenvalue weighted by molar-refractivity contribution is 0.208. The van der Waals surface area contributed by atoms with E-state index in [1.807, 2.05) is 0 Å². The van der Waals surface area contributed by atoms with E-state index < -0.39 is 6.10 Å². The Labute approximate surface area is 100 Å². The average molecular weight is 238 g/mol.